The van der Waals surface area contributed by atoms with Gasteiger partial charge in [0.05, 0.1) is 6.54 Å². The Kier molecular flexibility index (Phi) is 4.48. The van der Waals surface area contributed by atoms with Crippen LogP contribution >= 0.6 is 0 Å². The second-order valence-corrected chi connectivity index (χ2v) is 3.58. The number of rotatable bonds is 3. The lowest BCUT2D eigenvalue weighted by Crippen LogP contribution is -2.41. The molecule has 3 heteroatoms. The number of hydrogen-bond acceptors (Lipinski definition) is 2. The fraction of sp³-hybridized carbons (Fsp3) is 0.727. The van der Waals surface area contributed by atoms with Crippen LogP contribution in [0.3, 0.4) is 0 Å². The largest absolute Gasteiger partial charge is 0.332 e. The lowest BCUT2D eigenvalue weighted by molar-refractivity contribution is -0.135. The van der Waals surface area contributed by atoms with Gasteiger partial charge in [-0.1, -0.05) is 5.92 Å². The van der Waals surface area contributed by atoms with Gasteiger partial charge < -0.3 is 10.2 Å². The standard InChI is InChI=1S/C11H18N2O/c1-3-9-13(4-2)11(14)10-5-7-12-8-6-10/h1,10,12H,4-9H2,2H3. The number of hydrogen-bond donors (Lipinski definition) is 1. The summed E-state index contributed by atoms with van der Waals surface area (Å²) in [5, 5.41) is 3.25. The number of amides is 1. The van der Waals surface area contributed by atoms with Crippen LogP contribution in [0.2, 0.25) is 0 Å². The summed E-state index contributed by atoms with van der Waals surface area (Å²) in [5.41, 5.74) is 0. The van der Waals surface area contributed by atoms with E-state index in [0.29, 0.717) is 13.1 Å². The van der Waals surface area contributed by atoms with Crippen molar-refractivity contribution in [1.82, 2.24) is 10.2 Å². The van der Waals surface area contributed by atoms with Crippen LogP contribution in [0, 0.1) is 18.3 Å². The maximum atomic E-state index is 11.9. The van der Waals surface area contributed by atoms with Gasteiger partial charge in [-0.15, -0.1) is 6.42 Å². The maximum Gasteiger partial charge on any atom is 0.226 e. The van der Waals surface area contributed by atoms with Gasteiger partial charge in [-0.25, -0.2) is 0 Å². The molecule has 3 nitrogen and oxygen atoms in total. The molecule has 0 spiro atoms. The highest BCUT2D eigenvalue weighted by atomic mass is 16.2. The van der Waals surface area contributed by atoms with Crippen molar-refractivity contribution in [2.75, 3.05) is 26.2 Å². The van der Waals surface area contributed by atoms with Crippen LogP contribution < -0.4 is 5.32 Å². The van der Waals surface area contributed by atoms with E-state index in [1.807, 2.05) is 6.92 Å². The van der Waals surface area contributed by atoms with E-state index in [1.165, 1.54) is 0 Å². The Hall–Kier alpha value is -1.01. The summed E-state index contributed by atoms with van der Waals surface area (Å²) in [5.74, 6) is 2.94. The fourth-order valence-corrected chi connectivity index (χ4v) is 1.78. The van der Waals surface area contributed by atoms with Gasteiger partial charge in [0.15, 0.2) is 0 Å². The molecule has 78 valence electrons. The van der Waals surface area contributed by atoms with Gasteiger partial charge in [0.1, 0.15) is 0 Å². The molecular weight excluding hydrogens is 176 g/mol. The highest BCUT2D eigenvalue weighted by molar-refractivity contribution is 5.79. The van der Waals surface area contributed by atoms with Crippen LogP contribution in [0.15, 0.2) is 0 Å². The fourth-order valence-electron chi connectivity index (χ4n) is 1.78. The number of piperidine rings is 1. The van der Waals surface area contributed by atoms with Crippen molar-refractivity contribution in [3.8, 4) is 12.3 Å². The van der Waals surface area contributed by atoms with Crippen molar-refractivity contribution in [2.45, 2.75) is 19.8 Å². The molecule has 1 aliphatic rings. The van der Waals surface area contributed by atoms with Crippen molar-refractivity contribution in [3.63, 3.8) is 0 Å². The summed E-state index contributed by atoms with van der Waals surface area (Å²) < 4.78 is 0. The predicted molar refractivity (Wildman–Crippen MR) is 56.7 cm³/mol. The van der Waals surface area contributed by atoms with E-state index in [2.05, 4.69) is 11.2 Å². The van der Waals surface area contributed by atoms with Crippen LogP contribution in [-0.4, -0.2) is 37.0 Å². The molecule has 1 amide bonds. The third kappa shape index (κ3) is 2.74. The molecule has 1 heterocycles. The molecule has 0 atom stereocenters. The van der Waals surface area contributed by atoms with Gasteiger partial charge in [0, 0.05) is 12.5 Å². The molecular formula is C11H18N2O. The molecule has 14 heavy (non-hydrogen) atoms. The highest BCUT2D eigenvalue weighted by Crippen LogP contribution is 2.14. The van der Waals surface area contributed by atoms with Crippen LogP contribution in [0.25, 0.3) is 0 Å². The number of carbonyl (C=O) groups excluding carboxylic acids is 1. The van der Waals surface area contributed by atoms with Crippen molar-refractivity contribution in [3.05, 3.63) is 0 Å². The zero-order valence-electron chi connectivity index (χ0n) is 8.75. The third-order valence-electron chi connectivity index (χ3n) is 2.66. The average molecular weight is 194 g/mol. The molecule has 1 saturated heterocycles. The van der Waals surface area contributed by atoms with Gasteiger partial charge in [0.25, 0.3) is 0 Å². The molecule has 0 saturated carbocycles. The second-order valence-electron chi connectivity index (χ2n) is 3.58. The molecule has 0 bridgehead atoms. The smallest absolute Gasteiger partial charge is 0.226 e. The van der Waals surface area contributed by atoms with E-state index < -0.39 is 0 Å². The molecule has 0 radical (unpaired) electrons. The summed E-state index contributed by atoms with van der Waals surface area (Å²) >= 11 is 0. The number of nitrogens with zero attached hydrogens (tertiary/aromatic N) is 1. The molecule has 1 rings (SSSR count). The summed E-state index contributed by atoms with van der Waals surface area (Å²) in [6.07, 6.45) is 7.10. The van der Waals surface area contributed by atoms with Crippen LogP contribution in [0.4, 0.5) is 0 Å². The minimum Gasteiger partial charge on any atom is -0.332 e. The van der Waals surface area contributed by atoms with E-state index in [1.54, 1.807) is 4.90 Å². The quantitative estimate of drug-likeness (QED) is 0.662. The lowest BCUT2D eigenvalue weighted by atomic mass is 9.96. The topological polar surface area (TPSA) is 32.3 Å². The predicted octanol–water partition coefficient (Wildman–Crippen LogP) is 0.468. The first kappa shape index (κ1) is 11.1. The Labute approximate surface area is 85.9 Å². The minimum atomic E-state index is 0.185. The Morgan fingerprint density at radius 1 is 1.57 bits per heavy atom. The Morgan fingerprint density at radius 3 is 2.71 bits per heavy atom. The third-order valence-corrected chi connectivity index (χ3v) is 2.66. The van der Waals surface area contributed by atoms with Crippen LogP contribution in [0.5, 0.6) is 0 Å². The monoisotopic (exact) mass is 194 g/mol. The summed E-state index contributed by atoms with van der Waals surface area (Å²) in [4.78, 5) is 13.7. The summed E-state index contributed by atoms with van der Waals surface area (Å²) in [7, 11) is 0. The molecule has 0 aromatic heterocycles. The molecule has 1 N–H and O–H groups in total. The van der Waals surface area contributed by atoms with Gasteiger partial charge in [-0.05, 0) is 32.9 Å². The van der Waals surface area contributed by atoms with Crippen molar-refractivity contribution >= 4 is 5.91 Å². The minimum absolute atomic E-state index is 0.185. The van der Waals surface area contributed by atoms with Crippen LogP contribution in [-0.2, 0) is 4.79 Å². The van der Waals surface area contributed by atoms with E-state index in [0.717, 1.165) is 25.9 Å². The average Bonchev–Trinajstić information content (AvgIpc) is 2.26. The molecule has 0 aromatic carbocycles. The number of terminal acetylenes is 1. The van der Waals surface area contributed by atoms with Crippen molar-refractivity contribution < 1.29 is 4.79 Å². The van der Waals surface area contributed by atoms with Gasteiger partial charge >= 0.3 is 0 Å². The zero-order chi connectivity index (χ0) is 10.4. The van der Waals surface area contributed by atoms with Crippen LogP contribution in [0.1, 0.15) is 19.8 Å². The van der Waals surface area contributed by atoms with Crippen molar-refractivity contribution in [1.29, 1.82) is 0 Å². The van der Waals surface area contributed by atoms with E-state index >= 15 is 0 Å². The Morgan fingerprint density at radius 2 is 2.21 bits per heavy atom. The Balaban J connectivity index is 2.48. The maximum absolute atomic E-state index is 11.9. The molecule has 1 aliphatic heterocycles. The molecule has 0 aliphatic carbocycles. The number of nitrogens with one attached hydrogen (secondary N) is 1. The first-order chi connectivity index (χ1) is 6.79. The molecule has 0 unspecified atom stereocenters. The highest BCUT2D eigenvalue weighted by Gasteiger charge is 2.24. The first-order valence-electron chi connectivity index (χ1n) is 5.22. The summed E-state index contributed by atoms with van der Waals surface area (Å²) in [6.45, 7) is 5.02. The Bertz CT molecular complexity index is 226. The number of carbonyl (C=O) groups is 1. The van der Waals surface area contributed by atoms with E-state index in [9.17, 15) is 4.79 Å². The van der Waals surface area contributed by atoms with Gasteiger partial charge in [-0.3, -0.25) is 4.79 Å². The molecule has 0 aromatic rings. The normalized spacial score (nSPS) is 17.4. The van der Waals surface area contributed by atoms with Gasteiger partial charge in [-0.2, -0.15) is 0 Å². The van der Waals surface area contributed by atoms with E-state index in [-0.39, 0.29) is 11.8 Å². The lowest BCUT2D eigenvalue weighted by Gasteiger charge is -2.27. The summed E-state index contributed by atoms with van der Waals surface area (Å²) in [6, 6.07) is 0. The van der Waals surface area contributed by atoms with Crippen molar-refractivity contribution in [2.24, 2.45) is 5.92 Å². The SMILES string of the molecule is C#CCN(CC)C(=O)C1CCNCC1. The van der Waals surface area contributed by atoms with Gasteiger partial charge in [0.2, 0.25) is 5.91 Å². The zero-order valence-corrected chi connectivity index (χ0v) is 8.75. The molecule has 1 fully saturated rings. The van der Waals surface area contributed by atoms with E-state index in [4.69, 9.17) is 6.42 Å². The first-order valence-corrected chi connectivity index (χ1v) is 5.22. The second kappa shape index (κ2) is 5.66.